The topological polar surface area (TPSA) is 9.23 Å². The zero-order valence-corrected chi connectivity index (χ0v) is 16.1. The Morgan fingerprint density at radius 3 is 1.79 bits per heavy atom. The Labute approximate surface area is 148 Å². The Bertz CT molecular complexity index is 644. The molecule has 0 heterocycles. The summed E-state index contributed by atoms with van der Waals surface area (Å²) in [6, 6.07) is 17.5. The molecule has 2 aromatic carbocycles. The number of rotatable bonds is 6. The fourth-order valence-electron chi connectivity index (χ4n) is 3.37. The molecule has 0 saturated heterocycles. The van der Waals surface area contributed by atoms with Gasteiger partial charge >= 0.3 is 0 Å². The molecule has 0 aliphatic carbocycles. The fourth-order valence-corrected chi connectivity index (χ4v) is 3.37. The van der Waals surface area contributed by atoms with E-state index in [1.807, 2.05) is 12.1 Å². The molecule has 1 nitrogen and oxygen atoms in total. The van der Waals surface area contributed by atoms with Crippen molar-refractivity contribution >= 4 is 0 Å². The van der Waals surface area contributed by atoms with Crippen LogP contribution in [-0.2, 0) is 19.3 Å². The van der Waals surface area contributed by atoms with Crippen LogP contribution in [0.3, 0.4) is 0 Å². The molecule has 0 fully saturated rings. The predicted octanol–water partition coefficient (Wildman–Crippen LogP) is 6.10. The summed E-state index contributed by atoms with van der Waals surface area (Å²) in [6.45, 7) is 11.5. The van der Waals surface area contributed by atoms with Gasteiger partial charge in [0.1, 0.15) is 5.75 Å². The maximum Gasteiger partial charge on any atom is 0.122 e. The Kier molecular flexibility index (Phi) is 5.74. The van der Waals surface area contributed by atoms with E-state index in [1.165, 1.54) is 16.7 Å². The Morgan fingerprint density at radius 1 is 0.708 bits per heavy atom. The summed E-state index contributed by atoms with van der Waals surface area (Å²) in [7, 11) is 1.75. The number of methoxy groups -OCH3 is 1. The average molecular weight is 325 g/mol. The molecule has 0 amide bonds. The number of hydrogen-bond donors (Lipinski definition) is 0. The van der Waals surface area contributed by atoms with Gasteiger partial charge in [-0.15, -0.1) is 0 Å². The molecule has 0 atom stereocenters. The first kappa shape index (κ1) is 18.6. The fraction of sp³-hybridized carbons (Fsp3) is 0.478. The first-order chi connectivity index (χ1) is 11.2. The van der Waals surface area contributed by atoms with E-state index in [0.29, 0.717) is 5.41 Å². The summed E-state index contributed by atoms with van der Waals surface area (Å²) in [6.07, 6.45) is 3.21. The summed E-state index contributed by atoms with van der Waals surface area (Å²) in [4.78, 5) is 0. The lowest BCUT2D eigenvalue weighted by atomic mass is 9.79. The number of hydrogen-bond acceptors (Lipinski definition) is 1. The molecule has 1 heteroatoms. The lowest BCUT2D eigenvalue weighted by Gasteiger charge is -2.26. The van der Waals surface area contributed by atoms with Crippen LogP contribution >= 0.6 is 0 Å². The van der Waals surface area contributed by atoms with Crippen LogP contribution in [0, 0.1) is 10.8 Å². The summed E-state index contributed by atoms with van der Waals surface area (Å²) < 4.78 is 5.50. The normalized spacial score (nSPS) is 12.2. The van der Waals surface area contributed by atoms with E-state index in [1.54, 1.807) is 7.11 Å². The quantitative estimate of drug-likeness (QED) is 0.624. The van der Waals surface area contributed by atoms with Crippen molar-refractivity contribution in [3.63, 3.8) is 0 Å². The molecule has 0 bridgehead atoms. The van der Waals surface area contributed by atoms with Gasteiger partial charge in [0, 0.05) is 0 Å². The van der Waals surface area contributed by atoms with Crippen LogP contribution in [0.15, 0.2) is 48.5 Å². The molecule has 0 spiro atoms. The highest BCUT2D eigenvalue weighted by molar-refractivity contribution is 5.34. The zero-order valence-electron chi connectivity index (χ0n) is 16.1. The van der Waals surface area contributed by atoms with Crippen molar-refractivity contribution in [1.29, 1.82) is 0 Å². The van der Waals surface area contributed by atoms with Gasteiger partial charge < -0.3 is 4.74 Å². The van der Waals surface area contributed by atoms with E-state index in [4.69, 9.17) is 4.74 Å². The number of benzene rings is 2. The van der Waals surface area contributed by atoms with E-state index < -0.39 is 0 Å². The summed E-state index contributed by atoms with van der Waals surface area (Å²) >= 11 is 0. The molecular weight excluding hydrogens is 292 g/mol. The van der Waals surface area contributed by atoms with Gasteiger partial charge in [0.15, 0.2) is 0 Å². The van der Waals surface area contributed by atoms with E-state index in [-0.39, 0.29) is 5.41 Å². The van der Waals surface area contributed by atoms with E-state index in [0.717, 1.165) is 25.0 Å². The van der Waals surface area contributed by atoms with Crippen molar-refractivity contribution in [3.05, 3.63) is 65.2 Å². The smallest absolute Gasteiger partial charge is 0.122 e. The van der Waals surface area contributed by atoms with E-state index >= 15 is 0 Å². The average Bonchev–Trinajstić information content (AvgIpc) is 2.47. The lowest BCUT2D eigenvalue weighted by molar-refractivity contribution is 0.347. The molecule has 0 aliphatic heterocycles. The molecule has 0 N–H and O–H groups in total. The molecule has 2 aromatic rings. The van der Waals surface area contributed by atoms with Gasteiger partial charge in [-0.1, -0.05) is 77.1 Å². The highest BCUT2D eigenvalue weighted by atomic mass is 16.5. The molecule has 130 valence electrons. The van der Waals surface area contributed by atoms with E-state index in [2.05, 4.69) is 71.0 Å². The molecule has 0 aliphatic rings. The third-order valence-electron chi connectivity index (χ3n) is 4.30. The second kappa shape index (κ2) is 7.42. The molecule has 0 radical (unpaired) electrons. The summed E-state index contributed by atoms with van der Waals surface area (Å²) in [5.74, 6) is 0.992. The summed E-state index contributed by atoms with van der Waals surface area (Å²) in [5.41, 5.74) is 4.65. The predicted molar refractivity (Wildman–Crippen MR) is 104 cm³/mol. The van der Waals surface area contributed by atoms with Crippen molar-refractivity contribution < 1.29 is 4.74 Å². The van der Waals surface area contributed by atoms with Crippen molar-refractivity contribution in [2.75, 3.05) is 7.11 Å². The molecule has 2 rings (SSSR count). The molecule has 0 aromatic heterocycles. The van der Waals surface area contributed by atoms with Crippen molar-refractivity contribution in [2.45, 2.75) is 53.9 Å². The third-order valence-corrected chi connectivity index (χ3v) is 4.30. The molecular formula is C23H32O. The van der Waals surface area contributed by atoms with Gasteiger partial charge in [0.05, 0.1) is 7.11 Å². The second-order valence-electron chi connectivity index (χ2n) is 8.88. The minimum Gasteiger partial charge on any atom is -0.496 e. The van der Waals surface area contributed by atoms with Crippen molar-refractivity contribution in [3.8, 4) is 5.75 Å². The first-order valence-electron chi connectivity index (χ1n) is 8.88. The van der Waals surface area contributed by atoms with Gasteiger partial charge in [-0.25, -0.2) is 0 Å². The van der Waals surface area contributed by atoms with Gasteiger partial charge in [-0.2, -0.15) is 0 Å². The standard InChI is InChI=1S/C23H32O/c1-22(2,3)15-18-11-13-19(14-12-18)16-23(4,5)17-20-9-7-8-10-21(20)24-6/h7-14H,15-17H2,1-6H3. The van der Waals surface area contributed by atoms with Gasteiger partial charge in [0.2, 0.25) is 0 Å². The molecule has 0 unspecified atom stereocenters. The minimum absolute atomic E-state index is 0.195. The minimum atomic E-state index is 0.195. The molecule has 24 heavy (non-hydrogen) atoms. The maximum absolute atomic E-state index is 5.50. The van der Waals surface area contributed by atoms with Crippen LogP contribution in [0.2, 0.25) is 0 Å². The van der Waals surface area contributed by atoms with E-state index in [9.17, 15) is 0 Å². The summed E-state index contributed by atoms with van der Waals surface area (Å²) in [5, 5.41) is 0. The Morgan fingerprint density at radius 2 is 1.25 bits per heavy atom. The van der Waals surface area contributed by atoms with Gasteiger partial charge in [0.25, 0.3) is 0 Å². The first-order valence-corrected chi connectivity index (χ1v) is 8.88. The monoisotopic (exact) mass is 324 g/mol. The largest absolute Gasteiger partial charge is 0.496 e. The van der Waals surface area contributed by atoms with Crippen LogP contribution in [0.4, 0.5) is 0 Å². The SMILES string of the molecule is COc1ccccc1CC(C)(C)Cc1ccc(CC(C)(C)C)cc1. The van der Waals surface area contributed by atoms with Gasteiger partial charge in [-0.05, 0) is 52.8 Å². The Balaban J connectivity index is 2.06. The molecule has 0 saturated carbocycles. The number of ether oxygens (including phenoxy) is 1. The van der Waals surface area contributed by atoms with Crippen LogP contribution in [0.1, 0.15) is 51.3 Å². The highest BCUT2D eigenvalue weighted by Gasteiger charge is 2.21. The second-order valence-corrected chi connectivity index (χ2v) is 8.88. The van der Waals surface area contributed by atoms with Crippen molar-refractivity contribution in [2.24, 2.45) is 10.8 Å². The highest BCUT2D eigenvalue weighted by Crippen LogP contribution is 2.31. The Hall–Kier alpha value is -1.76. The third kappa shape index (κ3) is 5.70. The number of para-hydroxylation sites is 1. The van der Waals surface area contributed by atoms with Crippen LogP contribution in [-0.4, -0.2) is 7.11 Å². The van der Waals surface area contributed by atoms with Gasteiger partial charge in [-0.3, -0.25) is 0 Å². The van der Waals surface area contributed by atoms with Crippen LogP contribution in [0.5, 0.6) is 5.75 Å². The zero-order chi connectivity index (χ0) is 17.8. The lowest BCUT2D eigenvalue weighted by Crippen LogP contribution is -2.19. The maximum atomic E-state index is 5.50. The van der Waals surface area contributed by atoms with Crippen LogP contribution in [0.25, 0.3) is 0 Å². The van der Waals surface area contributed by atoms with Crippen LogP contribution < -0.4 is 4.74 Å². The van der Waals surface area contributed by atoms with Crippen molar-refractivity contribution in [1.82, 2.24) is 0 Å².